The van der Waals surface area contributed by atoms with E-state index in [1.165, 1.54) is 32.1 Å². The van der Waals surface area contributed by atoms with Gasteiger partial charge in [-0.1, -0.05) is 38.2 Å². The van der Waals surface area contributed by atoms with E-state index >= 15 is 0 Å². The molecule has 1 aliphatic rings. The standard InChI is InChI=1S/C21H25N5O/c1-16(27)26(14-18-8-5-9-22-13-18)21-20-23-10-11-25(20)15-19(24-21)12-17-6-3-2-4-7-17/h5,8-11,13,15,17H,2-4,6-7,12,14H2,1H3. The first-order valence-electron chi connectivity index (χ1n) is 9.70. The van der Waals surface area contributed by atoms with Gasteiger partial charge in [-0.2, -0.15) is 0 Å². The van der Waals surface area contributed by atoms with Crippen molar-refractivity contribution in [2.75, 3.05) is 4.90 Å². The van der Waals surface area contributed by atoms with E-state index < -0.39 is 0 Å². The van der Waals surface area contributed by atoms with Gasteiger partial charge in [0.15, 0.2) is 11.5 Å². The molecule has 1 saturated carbocycles. The predicted octanol–water partition coefficient (Wildman–Crippen LogP) is 3.80. The molecule has 6 heteroatoms. The Hall–Kier alpha value is -2.76. The lowest BCUT2D eigenvalue weighted by molar-refractivity contribution is -0.116. The Balaban J connectivity index is 1.69. The van der Waals surface area contributed by atoms with Crippen LogP contribution in [0.5, 0.6) is 0 Å². The maximum atomic E-state index is 12.4. The van der Waals surface area contributed by atoms with Gasteiger partial charge in [-0.25, -0.2) is 9.97 Å². The number of rotatable bonds is 5. The van der Waals surface area contributed by atoms with E-state index in [9.17, 15) is 4.79 Å². The van der Waals surface area contributed by atoms with Crippen LogP contribution in [-0.4, -0.2) is 25.3 Å². The van der Waals surface area contributed by atoms with Crippen LogP contribution in [-0.2, 0) is 17.8 Å². The van der Waals surface area contributed by atoms with Crippen molar-refractivity contribution >= 4 is 17.4 Å². The number of aromatic nitrogens is 4. The third kappa shape index (κ3) is 3.99. The van der Waals surface area contributed by atoms with E-state index in [1.54, 1.807) is 30.4 Å². The quantitative estimate of drug-likeness (QED) is 0.692. The molecule has 4 rings (SSSR count). The van der Waals surface area contributed by atoms with Gasteiger partial charge < -0.3 is 4.40 Å². The molecule has 3 aromatic rings. The number of hydrogen-bond acceptors (Lipinski definition) is 4. The van der Waals surface area contributed by atoms with E-state index in [-0.39, 0.29) is 5.91 Å². The van der Waals surface area contributed by atoms with Crippen molar-refractivity contribution in [2.45, 2.75) is 52.0 Å². The monoisotopic (exact) mass is 363 g/mol. The van der Waals surface area contributed by atoms with Crippen LogP contribution in [0.15, 0.2) is 43.1 Å². The van der Waals surface area contributed by atoms with E-state index in [2.05, 4.69) is 16.2 Å². The van der Waals surface area contributed by atoms with Gasteiger partial charge >= 0.3 is 0 Å². The average molecular weight is 363 g/mol. The lowest BCUT2D eigenvalue weighted by Crippen LogP contribution is -2.30. The number of carbonyl (C=O) groups is 1. The van der Waals surface area contributed by atoms with Gasteiger partial charge in [-0.3, -0.25) is 14.7 Å². The predicted molar refractivity (Wildman–Crippen MR) is 104 cm³/mol. The van der Waals surface area contributed by atoms with Crippen molar-refractivity contribution in [3.63, 3.8) is 0 Å². The number of carbonyl (C=O) groups excluding carboxylic acids is 1. The Kier molecular flexibility index (Phi) is 5.14. The number of nitrogens with zero attached hydrogens (tertiary/aromatic N) is 5. The molecule has 0 unspecified atom stereocenters. The zero-order chi connectivity index (χ0) is 18.6. The molecule has 0 radical (unpaired) electrons. The second kappa shape index (κ2) is 7.86. The van der Waals surface area contributed by atoms with Crippen molar-refractivity contribution in [2.24, 2.45) is 5.92 Å². The molecular formula is C21H25N5O. The van der Waals surface area contributed by atoms with Gasteiger partial charge in [0, 0.05) is 37.9 Å². The first-order valence-corrected chi connectivity index (χ1v) is 9.70. The zero-order valence-electron chi connectivity index (χ0n) is 15.7. The third-order valence-corrected chi connectivity index (χ3v) is 5.33. The summed E-state index contributed by atoms with van der Waals surface area (Å²) in [6.07, 6.45) is 16.7. The lowest BCUT2D eigenvalue weighted by atomic mass is 9.86. The molecule has 27 heavy (non-hydrogen) atoms. The average Bonchev–Trinajstić information content (AvgIpc) is 3.16. The number of imidazole rings is 1. The maximum Gasteiger partial charge on any atom is 0.225 e. The normalized spacial score (nSPS) is 15.1. The van der Waals surface area contributed by atoms with E-state index in [0.717, 1.165) is 17.7 Å². The van der Waals surface area contributed by atoms with Gasteiger partial charge in [0.2, 0.25) is 5.91 Å². The summed E-state index contributed by atoms with van der Waals surface area (Å²) in [5, 5.41) is 0. The summed E-state index contributed by atoms with van der Waals surface area (Å²) < 4.78 is 1.99. The molecule has 0 aromatic carbocycles. The number of fused-ring (bicyclic) bond motifs is 1. The van der Waals surface area contributed by atoms with Crippen LogP contribution in [0.4, 0.5) is 5.82 Å². The van der Waals surface area contributed by atoms with Crippen LogP contribution >= 0.6 is 0 Å². The van der Waals surface area contributed by atoms with Crippen LogP contribution < -0.4 is 4.90 Å². The second-order valence-electron chi connectivity index (χ2n) is 7.39. The van der Waals surface area contributed by atoms with Gasteiger partial charge in [0.05, 0.1) is 12.2 Å². The molecule has 1 aliphatic carbocycles. The summed E-state index contributed by atoms with van der Waals surface area (Å²) in [6.45, 7) is 2.01. The summed E-state index contributed by atoms with van der Waals surface area (Å²) in [4.78, 5) is 27.6. The first kappa shape index (κ1) is 17.6. The molecule has 140 valence electrons. The Bertz CT molecular complexity index is 915. The van der Waals surface area contributed by atoms with Gasteiger partial charge in [-0.05, 0) is 24.0 Å². The molecule has 3 aromatic heterocycles. The molecular weight excluding hydrogens is 338 g/mol. The largest absolute Gasteiger partial charge is 0.302 e. The van der Waals surface area contributed by atoms with Crippen LogP contribution in [0.25, 0.3) is 5.65 Å². The van der Waals surface area contributed by atoms with Crippen molar-refractivity contribution in [1.82, 2.24) is 19.4 Å². The summed E-state index contributed by atoms with van der Waals surface area (Å²) in [6, 6.07) is 3.85. The van der Waals surface area contributed by atoms with Crippen molar-refractivity contribution < 1.29 is 4.79 Å². The fourth-order valence-corrected chi connectivity index (χ4v) is 3.94. The van der Waals surface area contributed by atoms with E-state index in [0.29, 0.717) is 23.9 Å². The first-order chi connectivity index (χ1) is 13.2. The van der Waals surface area contributed by atoms with Gasteiger partial charge in [0.1, 0.15) is 0 Å². The highest BCUT2D eigenvalue weighted by Gasteiger charge is 2.21. The summed E-state index contributed by atoms with van der Waals surface area (Å²) in [7, 11) is 0. The number of anilines is 1. The Morgan fingerprint density at radius 1 is 1.26 bits per heavy atom. The summed E-state index contributed by atoms with van der Waals surface area (Å²) in [5.41, 5.74) is 2.71. The summed E-state index contributed by atoms with van der Waals surface area (Å²) >= 11 is 0. The zero-order valence-corrected chi connectivity index (χ0v) is 15.7. The molecule has 0 aliphatic heterocycles. The molecule has 1 fully saturated rings. The van der Waals surface area contributed by atoms with Crippen LogP contribution in [0, 0.1) is 5.92 Å². The molecule has 1 amide bonds. The van der Waals surface area contributed by atoms with Crippen molar-refractivity contribution in [1.29, 1.82) is 0 Å². The highest BCUT2D eigenvalue weighted by Crippen LogP contribution is 2.28. The summed E-state index contributed by atoms with van der Waals surface area (Å²) in [5.74, 6) is 1.26. The number of hydrogen-bond donors (Lipinski definition) is 0. The van der Waals surface area contributed by atoms with Crippen LogP contribution in [0.1, 0.15) is 50.3 Å². The van der Waals surface area contributed by atoms with Crippen molar-refractivity contribution in [3.8, 4) is 0 Å². The smallest absolute Gasteiger partial charge is 0.225 e. The molecule has 3 heterocycles. The Morgan fingerprint density at radius 3 is 2.85 bits per heavy atom. The molecule has 6 nitrogen and oxygen atoms in total. The fourth-order valence-electron chi connectivity index (χ4n) is 3.94. The minimum Gasteiger partial charge on any atom is -0.302 e. The molecule has 0 bridgehead atoms. The number of amides is 1. The maximum absolute atomic E-state index is 12.4. The van der Waals surface area contributed by atoms with Crippen LogP contribution in [0.2, 0.25) is 0 Å². The third-order valence-electron chi connectivity index (χ3n) is 5.33. The van der Waals surface area contributed by atoms with Gasteiger partial charge in [0.25, 0.3) is 0 Å². The highest BCUT2D eigenvalue weighted by molar-refractivity contribution is 5.93. The lowest BCUT2D eigenvalue weighted by Gasteiger charge is -2.24. The van der Waals surface area contributed by atoms with E-state index in [4.69, 9.17) is 4.98 Å². The Morgan fingerprint density at radius 2 is 2.11 bits per heavy atom. The fraction of sp³-hybridized carbons (Fsp3) is 0.429. The Labute approximate surface area is 159 Å². The topological polar surface area (TPSA) is 63.4 Å². The van der Waals surface area contributed by atoms with Gasteiger partial charge in [-0.15, -0.1) is 0 Å². The highest BCUT2D eigenvalue weighted by atomic mass is 16.2. The van der Waals surface area contributed by atoms with E-state index in [1.807, 2.05) is 22.7 Å². The second-order valence-corrected chi connectivity index (χ2v) is 7.39. The number of pyridine rings is 1. The minimum atomic E-state index is -0.0499. The van der Waals surface area contributed by atoms with Crippen molar-refractivity contribution in [3.05, 3.63) is 54.4 Å². The SMILES string of the molecule is CC(=O)N(Cc1cccnc1)c1nc(CC2CCCCC2)cn2ccnc12. The molecule has 0 saturated heterocycles. The minimum absolute atomic E-state index is 0.0499. The molecule has 0 atom stereocenters. The molecule has 0 N–H and O–H groups in total. The van der Waals surface area contributed by atoms with Crippen LogP contribution in [0.3, 0.4) is 0 Å². The molecule has 0 spiro atoms.